The molecule has 0 unspecified atom stereocenters. The molecule has 3 heteroatoms. The zero-order chi connectivity index (χ0) is 8.65. The molecule has 0 atom stereocenters. The molecule has 0 saturated heterocycles. The van der Waals surface area contributed by atoms with E-state index in [0.29, 0.717) is 13.1 Å². The average molecular weight is 197 g/mol. The van der Waals surface area contributed by atoms with E-state index in [4.69, 9.17) is 5.73 Å². The summed E-state index contributed by atoms with van der Waals surface area (Å²) < 4.78 is 0. The molecule has 13 heavy (non-hydrogen) atoms. The Labute approximate surface area is 84.9 Å². The molecule has 0 radical (unpaired) electrons. The van der Waals surface area contributed by atoms with E-state index in [1.165, 1.54) is 0 Å². The van der Waals surface area contributed by atoms with E-state index >= 15 is 0 Å². The standard InChI is InChI=1S/C10H12N2.ClH/c11-8-4-5-9-12-10-6-2-1-3-7-10;/h1-3,6-7,12H,8-9,11H2;1H. The normalized spacial score (nSPS) is 7.77. The number of rotatable bonds is 2. The van der Waals surface area contributed by atoms with Crippen molar-refractivity contribution in [2.45, 2.75) is 0 Å². The molecular formula is C10H13ClN2. The maximum atomic E-state index is 5.21. The number of nitrogens with two attached hydrogens (primary N) is 1. The van der Waals surface area contributed by atoms with Gasteiger partial charge in [0.25, 0.3) is 0 Å². The summed E-state index contributed by atoms with van der Waals surface area (Å²) in [4.78, 5) is 0. The van der Waals surface area contributed by atoms with Crippen LogP contribution >= 0.6 is 12.4 Å². The van der Waals surface area contributed by atoms with Crippen molar-refractivity contribution in [1.82, 2.24) is 0 Å². The molecule has 0 saturated carbocycles. The minimum Gasteiger partial charge on any atom is -0.374 e. The van der Waals surface area contributed by atoms with Crippen LogP contribution in [0.5, 0.6) is 0 Å². The molecule has 1 aromatic carbocycles. The maximum Gasteiger partial charge on any atom is 0.0766 e. The largest absolute Gasteiger partial charge is 0.374 e. The minimum atomic E-state index is 0. The first-order chi connectivity index (χ1) is 5.93. The summed E-state index contributed by atoms with van der Waals surface area (Å²) in [5, 5.41) is 3.15. The number of anilines is 1. The van der Waals surface area contributed by atoms with Crippen LogP contribution in [0.4, 0.5) is 5.69 Å². The molecule has 70 valence electrons. The molecule has 2 nitrogen and oxygen atoms in total. The van der Waals surface area contributed by atoms with Crippen LogP contribution in [0.1, 0.15) is 0 Å². The summed E-state index contributed by atoms with van der Waals surface area (Å²) in [7, 11) is 0. The summed E-state index contributed by atoms with van der Waals surface area (Å²) in [5.41, 5.74) is 6.29. The van der Waals surface area contributed by atoms with E-state index in [9.17, 15) is 0 Å². The van der Waals surface area contributed by atoms with Gasteiger partial charge in [0.05, 0.1) is 13.1 Å². The van der Waals surface area contributed by atoms with E-state index < -0.39 is 0 Å². The van der Waals surface area contributed by atoms with Gasteiger partial charge < -0.3 is 11.1 Å². The van der Waals surface area contributed by atoms with E-state index in [-0.39, 0.29) is 12.4 Å². The van der Waals surface area contributed by atoms with Crippen molar-refractivity contribution in [2.75, 3.05) is 18.4 Å². The quantitative estimate of drug-likeness (QED) is 0.704. The lowest BCUT2D eigenvalue weighted by molar-refractivity contribution is 1.29. The average Bonchev–Trinajstić information content (AvgIpc) is 2.14. The second-order valence-electron chi connectivity index (χ2n) is 2.28. The first-order valence-corrected chi connectivity index (χ1v) is 3.88. The second kappa shape index (κ2) is 7.48. The third-order valence-electron chi connectivity index (χ3n) is 1.38. The zero-order valence-corrected chi connectivity index (χ0v) is 8.10. The summed E-state index contributed by atoms with van der Waals surface area (Å²) in [6.45, 7) is 1.08. The smallest absolute Gasteiger partial charge is 0.0766 e. The van der Waals surface area contributed by atoms with Gasteiger partial charge in [-0.15, -0.1) is 12.4 Å². The van der Waals surface area contributed by atoms with Gasteiger partial charge >= 0.3 is 0 Å². The molecule has 0 spiro atoms. The van der Waals surface area contributed by atoms with Crippen LogP contribution in [0.2, 0.25) is 0 Å². The predicted octanol–water partition coefficient (Wildman–Crippen LogP) is 1.48. The van der Waals surface area contributed by atoms with Crippen LogP contribution in [0.25, 0.3) is 0 Å². The van der Waals surface area contributed by atoms with Gasteiger partial charge in [-0.3, -0.25) is 0 Å². The highest BCUT2D eigenvalue weighted by Crippen LogP contribution is 2.02. The Kier molecular flexibility index (Phi) is 6.80. The lowest BCUT2D eigenvalue weighted by Gasteiger charge is -1.99. The fraction of sp³-hybridized carbons (Fsp3) is 0.200. The molecule has 0 amide bonds. The molecule has 0 aliphatic rings. The van der Waals surface area contributed by atoms with Crippen molar-refractivity contribution < 1.29 is 0 Å². The van der Waals surface area contributed by atoms with Crippen molar-refractivity contribution in [3.8, 4) is 11.8 Å². The Morgan fingerprint density at radius 3 is 2.46 bits per heavy atom. The number of halogens is 1. The number of hydrogen-bond acceptors (Lipinski definition) is 2. The Morgan fingerprint density at radius 2 is 1.85 bits per heavy atom. The summed E-state index contributed by atoms with van der Waals surface area (Å²) >= 11 is 0. The van der Waals surface area contributed by atoms with Crippen molar-refractivity contribution in [2.24, 2.45) is 5.73 Å². The summed E-state index contributed by atoms with van der Waals surface area (Å²) in [5.74, 6) is 5.68. The Balaban J connectivity index is 0.00000144. The first kappa shape index (κ1) is 11.8. The highest BCUT2D eigenvalue weighted by Gasteiger charge is 1.83. The van der Waals surface area contributed by atoms with Crippen LogP contribution in [0, 0.1) is 11.8 Å². The van der Waals surface area contributed by atoms with Crippen molar-refractivity contribution in [1.29, 1.82) is 0 Å². The van der Waals surface area contributed by atoms with Gasteiger partial charge in [-0.05, 0) is 12.1 Å². The molecule has 1 aromatic rings. The number of para-hydroxylation sites is 1. The second-order valence-corrected chi connectivity index (χ2v) is 2.28. The predicted molar refractivity (Wildman–Crippen MR) is 59.0 cm³/mol. The monoisotopic (exact) mass is 196 g/mol. The summed E-state index contributed by atoms with van der Waals surface area (Å²) in [6, 6.07) is 9.96. The molecule has 0 aromatic heterocycles. The number of benzene rings is 1. The van der Waals surface area contributed by atoms with Crippen molar-refractivity contribution in [3.63, 3.8) is 0 Å². The van der Waals surface area contributed by atoms with E-state index in [1.54, 1.807) is 0 Å². The van der Waals surface area contributed by atoms with Gasteiger partial charge in [0.2, 0.25) is 0 Å². The van der Waals surface area contributed by atoms with Crippen LogP contribution in [0.15, 0.2) is 30.3 Å². The minimum absolute atomic E-state index is 0. The first-order valence-electron chi connectivity index (χ1n) is 3.88. The molecule has 0 heterocycles. The number of hydrogen-bond donors (Lipinski definition) is 2. The Hall–Kier alpha value is -1.17. The van der Waals surface area contributed by atoms with Crippen LogP contribution in [-0.2, 0) is 0 Å². The van der Waals surface area contributed by atoms with Crippen LogP contribution < -0.4 is 11.1 Å². The van der Waals surface area contributed by atoms with Gasteiger partial charge in [-0.1, -0.05) is 30.0 Å². The van der Waals surface area contributed by atoms with E-state index in [1.807, 2.05) is 30.3 Å². The van der Waals surface area contributed by atoms with Gasteiger partial charge in [0.15, 0.2) is 0 Å². The van der Waals surface area contributed by atoms with E-state index in [2.05, 4.69) is 17.2 Å². The third kappa shape index (κ3) is 5.13. The molecule has 0 aliphatic carbocycles. The van der Waals surface area contributed by atoms with Crippen molar-refractivity contribution >= 4 is 18.1 Å². The molecule has 0 bridgehead atoms. The molecular weight excluding hydrogens is 184 g/mol. The van der Waals surface area contributed by atoms with Crippen molar-refractivity contribution in [3.05, 3.63) is 30.3 Å². The lowest BCUT2D eigenvalue weighted by Crippen LogP contribution is -1.99. The van der Waals surface area contributed by atoms with Gasteiger partial charge in [-0.25, -0.2) is 0 Å². The Morgan fingerprint density at radius 1 is 1.15 bits per heavy atom. The SMILES string of the molecule is Cl.NCC#CCNc1ccccc1. The van der Waals surface area contributed by atoms with Gasteiger partial charge in [-0.2, -0.15) is 0 Å². The molecule has 0 fully saturated rings. The maximum absolute atomic E-state index is 5.21. The highest BCUT2D eigenvalue weighted by atomic mass is 35.5. The third-order valence-corrected chi connectivity index (χ3v) is 1.38. The van der Waals surface area contributed by atoms with Crippen LogP contribution in [-0.4, -0.2) is 13.1 Å². The number of nitrogens with one attached hydrogen (secondary N) is 1. The zero-order valence-electron chi connectivity index (χ0n) is 7.29. The molecule has 3 N–H and O–H groups in total. The summed E-state index contributed by atoms with van der Waals surface area (Å²) in [6.07, 6.45) is 0. The molecule has 1 rings (SSSR count). The van der Waals surface area contributed by atoms with E-state index in [0.717, 1.165) is 5.69 Å². The Bertz CT molecular complexity index is 274. The fourth-order valence-corrected chi connectivity index (χ4v) is 0.837. The topological polar surface area (TPSA) is 38.0 Å². The van der Waals surface area contributed by atoms with Crippen LogP contribution in [0.3, 0.4) is 0 Å². The molecule has 0 aliphatic heterocycles. The fourth-order valence-electron chi connectivity index (χ4n) is 0.837. The lowest BCUT2D eigenvalue weighted by atomic mass is 10.3. The van der Waals surface area contributed by atoms with Gasteiger partial charge in [0.1, 0.15) is 0 Å². The highest BCUT2D eigenvalue weighted by molar-refractivity contribution is 5.85. The van der Waals surface area contributed by atoms with Gasteiger partial charge in [0, 0.05) is 5.69 Å².